The molecule has 1 fully saturated rings. The first-order chi connectivity index (χ1) is 9.78. The van der Waals surface area contributed by atoms with E-state index >= 15 is 0 Å². The summed E-state index contributed by atoms with van der Waals surface area (Å²) in [6.07, 6.45) is 8.13. The van der Waals surface area contributed by atoms with Crippen LogP contribution in [0.25, 0.3) is 0 Å². The summed E-state index contributed by atoms with van der Waals surface area (Å²) >= 11 is 0. The van der Waals surface area contributed by atoms with Crippen molar-refractivity contribution in [3.8, 4) is 0 Å². The Balaban J connectivity index is 2.01. The van der Waals surface area contributed by atoms with Gasteiger partial charge in [-0.3, -0.25) is 0 Å². The van der Waals surface area contributed by atoms with E-state index in [1.54, 1.807) is 7.11 Å². The number of hydrogen-bond acceptors (Lipinski definition) is 5. The molecule has 1 aliphatic rings. The first kappa shape index (κ1) is 15.4. The molecule has 0 aliphatic heterocycles. The van der Waals surface area contributed by atoms with Crippen LogP contribution in [-0.2, 0) is 11.2 Å². The Kier molecular flexibility index (Phi) is 5.98. The molecule has 0 amide bonds. The third-order valence-electron chi connectivity index (χ3n) is 4.39. The predicted molar refractivity (Wildman–Crippen MR) is 77.5 cm³/mol. The summed E-state index contributed by atoms with van der Waals surface area (Å²) in [4.78, 5) is 4.55. The molecule has 1 saturated carbocycles. The van der Waals surface area contributed by atoms with Gasteiger partial charge >= 0.3 is 0 Å². The SMILES string of the molecule is CCC(Cc1nc(C(OC)C2CCCCC2)no1)NC. The lowest BCUT2D eigenvalue weighted by Gasteiger charge is -2.26. The molecule has 5 nitrogen and oxygen atoms in total. The van der Waals surface area contributed by atoms with Crippen LogP contribution in [0.1, 0.15) is 63.3 Å². The predicted octanol–water partition coefficient (Wildman–Crippen LogP) is 2.88. The van der Waals surface area contributed by atoms with E-state index in [4.69, 9.17) is 9.26 Å². The van der Waals surface area contributed by atoms with E-state index in [-0.39, 0.29) is 6.10 Å². The van der Waals surface area contributed by atoms with Crippen molar-refractivity contribution in [1.82, 2.24) is 15.5 Å². The molecule has 1 N–H and O–H groups in total. The second-order valence-electron chi connectivity index (χ2n) is 5.70. The maximum atomic E-state index is 5.65. The highest BCUT2D eigenvalue weighted by Gasteiger charge is 2.29. The standard InChI is InChI=1S/C15H27N3O2/c1-4-12(16-2)10-13-17-15(18-20-13)14(19-3)11-8-6-5-7-9-11/h11-12,14,16H,4-10H2,1-3H3. The number of aromatic nitrogens is 2. The molecule has 1 aliphatic carbocycles. The fourth-order valence-electron chi connectivity index (χ4n) is 3.07. The van der Waals surface area contributed by atoms with Gasteiger partial charge in [-0.15, -0.1) is 0 Å². The van der Waals surface area contributed by atoms with Crippen LogP contribution in [0.5, 0.6) is 0 Å². The minimum Gasteiger partial charge on any atom is -0.373 e. The fraction of sp³-hybridized carbons (Fsp3) is 0.867. The molecule has 2 atom stereocenters. The zero-order valence-electron chi connectivity index (χ0n) is 12.9. The molecule has 1 aromatic rings. The molecule has 1 aromatic heterocycles. The second-order valence-corrected chi connectivity index (χ2v) is 5.70. The number of ether oxygens (including phenoxy) is 1. The Morgan fingerprint density at radius 1 is 1.35 bits per heavy atom. The van der Waals surface area contributed by atoms with Crippen molar-refractivity contribution in [3.63, 3.8) is 0 Å². The smallest absolute Gasteiger partial charge is 0.228 e. The van der Waals surface area contributed by atoms with Crippen molar-refractivity contribution in [1.29, 1.82) is 0 Å². The highest BCUT2D eigenvalue weighted by Crippen LogP contribution is 2.35. The summed E-state index contributed by atoms with van der Waals surface area (Å²) in [5.41, 5.74) is 0. The average Bonchev–Trinajstić information content (AvgIpc) is 2.95. The highest BCUT2D eigenvalue weighted by molar-refractivity contribution is 4.96. The molecular formula is C15H27N3O2. The first-order valence-corrected chi connectivity index (χ1v) is 7.81. The molecule has 5 heteroatoms. The quantitative estimate of drug-likeness (QED) is 0.832. The van der Waals surface area contributed by atoms with Gasteiger partial charge in [0.2, 0.25) is 11.7 Å². The number of nitrogens with one attached hydrogen (secondary N) is 1. The summed E-state index contributed by atoms with van der Waals surface area (Å²) in [6.45, 7) is 2.15. The molecule has 0 radical (unpaired) electrons. The largest absolute Gasteiger partial charge is 0.373 e. The first-order valence-electron chi connectivity index (χ1n) is 7.81. The average molecular weight is 281 g/mol. The summed E-state index contributed by atoms with van der Waals surface area (Å²) in [6, 6.07) is 0.388. The Hall–Kier alpha value is -0.940. The molecule has 0 bridgehead atoms. The summed E-state index contributed by atoms with van der Waals surface area (Å²) < 4.78 is 11.0. The van der Waals surface area contributed by atoms with Crippen molar-refractivity contribution < 1.29 is 9.26 Å². The third-order valence-corrected chi connectivity index (χ3v) is 4.39. The van der Waals surface area contributed by atoms with E-state index < -0.39 is 0 Å². The van der Waals surface area contributed by atoms with Gasteiger partial charge in [0.15, 0.2) is 0 Å². The molecule has 0 saturated heterocycles. The molecule has 2 unspecified atom stereocenters. The lowest BCUT2D eigenvalue weighted by atomic mass is 9.85. The maximum Gasteiger partial charge on any atom is 0.228 e. The molecule has 20 heavy (non-hydrogen) atoms. The zero-order valence-corrected chi connectivity index (χ0v) is 12.9. The molecular weight excluding hydrogens is 254 g/mol. The highest BCUT2D eigenvalue weighted by atomic mass is 16.5. The van der Waals surface area contributed by atoms with E-state index in [1.807, 2.05) is 7.05 Å². The normalized spacial score (nSPS) is 19.9. The van der Waals surface area contributed by atoms with Crippen molar-refractivity contribution in [2.24, 2.45) is 5.92 Å². The van der Waals surface area contributed by atoms with Crippen LogP contribution >= 0.6 is 0 Å². The second kappa shape index (κ2) is 7.74. The van der Waals surface area contributed by atoms with Crippen LogP contribution in [0, 0.1) is 5.92 Å². The molecule has 114 valence electrons. The maximum absolute atomic E-state index is 5.65. The summed E-state index contributed by atoms with van der Waals surface area (Å²) in [5.74, 6) is 1.96. The summed E-state index contributed by atoms with van der Waals surface area (Å²) in [7, 11) is 3.71. The molecule has 2 rings (SSSR count). The van der Waals surface area contributed by atoms with Gasteiger partial charge in [-0.2, -0.15) is 4.98 Å². The van der Waals surface area contributed by atoms with Crippen molar-refractivity contribution >= 4 is 0 Å². The van der Waals surface area contributed by atoms with Crippen LogP contribution in [0.2, 0.25) is 0 Å². The molecule has 0 spiro atoms. The monoisotopic (exact) mass is 281 g/mol. The number of methoxy groups -OCH3 is 1. The number of nitrogens with zero attached hydrogens (tertiary/aromatic N) is 2. The number of likely N-dealkylation sites (N-methyl/N-ethyl adjacent to an activating group) is 1. The van der Waals surface area contributed by atoms with Crippen molar-refractivity contribution in [2.45, 2.75) is 64.0 Å². The number of rotatable bonds is 7. The Labute approximate surface area is 121 Å². The van der Waals surface area contributed by atoms with Gasteiger partial charge in [0.25, 0.3) is 0 Å². The van der Waals surface area contributed by atoms with Crippen LogP contribution < -0.4 is 5.32 Å². The van der Waals surface area contributed by atoms with Gasteiger partial charge in [0.05, 0.1) is 0 Å². The molecule has 1 heterocycles. The van der Waals surface area contributed by atoms with E-state index in [2.05, 4.69) is 22.4 Å². The van der Waals surface area contributed by atoms with Crippen LogP contribution in [0.4, 0.5) is 0 Å². The zero-order chi connectivity index (χ0) is 14.4. The minimum absolute atomic E-state index is 0.0116. The lowest BCUT2D eigenvalue weighted by molar-refractivity contribution is 0.0273. The van der Waals surface area contributed by atoms with E-state index in [1.165, 1.54) is 32.1 Å². The number of hydrogen-bond donors (Lipinski definition) is 1. The van der Waals surface area contributed by atoms with Crippen molar-refractivity contribution in [2.75, 3.05) is 14.2 Å². The Morgan fingerprint density at radius 2 is 2.10 bits per heavy atom. The van der Waals surface area contributed by atoms with E-state index in [9.17, 15) is 0 Å². The summed E-state index contributed by atoms with van der Waals surface area (Å²) in [5, 5.41) is 7.40. The fourth-order valence-corrected chi connectivity index (χ4v) is 3.07. The Bertz CT molecular complexity index is 384. The lowest BCUT2D eigenvalue weighted by Crippen LogP contribution is -2.26. The minimum atomic E-state index is -0.0116. The third kappa shape index (κ3) is 3.79. The van der Waals surface area contributed by atoms with E-state index in [0.29, 0.717) is 17.9 Å². The van der Waals surface area contributed by atoms with Crippen molar-refractivity contribution in [3.05, 3.63) is 11.7 Å². The van der Waals surface area contributed by atoms with Gasteiger partial charge in [-0.05, 0) is 32.2 Å². The molecule has 0 aromatic carbocycles. The van der Waals surface area contributed by atoms with Crippen LogP contribution in [0.3, 0.4) is 0 Å². The van der Waals surface area contributed by atoms with Gasteiger partial charge in [0.1, 0.15) is 6.10 Å². The topological polar surface area (TPSA) is 60.2 Å². The Morgan fingerprint density at radius 3 is 2.70 bits per heavy atom. The van der Waals surface area contributed by atoms with Gasteiger partial charge in [0, 0.05) is 19.6 Å². The van der Waals surface area contributed by atoms with Gasteiger partial charge < -0.3 is 14.6 Å². The van der Waals surface area contributed by atoms with Crippen LogP contribution in [-0.4, -0.2) is 30.3 Å². The van der Waals surface area contributed by atoms with Gasteiger partial charge in [-0.1, -0.05) is 31.3 Å². The van der Waals surface area contributed by atoms with E-state index in [0.717, 1.165) is 18.7 Å². The van der Waals surface area contributed by atoms with Gasteiger partial charge in [-0.25, -0.2) is 0 Å². The van der Waals surface area contributed by atoms with Crippen LogP contribution in [0.15, 0.2) is 4.52 Å².